The summed E-state index contributed by atoms with van der Waals surface area (Å²) in [5, 5.41) is 9.19. The highest BCUT2D eigenvalue weighted by atomic mass is 35.5. The second kappa shape index (κ2) is 4.68. The molecular weight excluding hydrogens is 240 g/mol. The van der Waals surface area contributed by atoms with Gasteiger partial charge >= 0.3 is 0 Å². The van der Waals surface area contributed by atoms with E-state index in [-0.39, 0.29) is 17.3 Å². The second-order valence-corrected chi connectivity index (χ2v) is 3.49. The number of aromatic nitrogens is 2. The molecule has 6 heteroatoms. The molecule has 0 atom stereocenters. The third-order valence-corrected chi connectivity index (χ3v) is 2.26. The molecule has 2 rings (SSSR count). The number of benzene rings is 1. The van der Waals surface area contributed by atoms with Crippen molar-refractivity contribution in [2.45, 2.75) is 0 Å². The van der Waals surface area contributed by atoms with Crippen LogP contribution in [0.3, 0.4) is 0 Å². The molecule has 0 radical (unpaired) electrons. The number of nitrogen functional groups attached to an aromatic ring is 1. The van der Waals surface area contributed by atoms with Gasteiger partial charge < -0.3 is 10.5 Å². The Morgan fingerprint density at radius 3 is 2.76 bits per heavy atom. The zero-order valence-corrected chi connectivity index (χ0v) is 9.35. The fraction of sp³-hybridized carbons (Fsp3) is 0. The van der Waals surface area contributed by atoms with Crippen LogP contribution in [0.4, 0.5) is 5.69 Å². The van der Waals surface area contributed by atoms with Crippen molar-refractivity contribution in [3.63, 3.8) is 0 Å². The fourth-order valence-corrected chi connectivity index (χ4v) is 1.43. The lowest BCUT2D eigenvalue weighted by molar-refractivity contribution is 0.460. The van der Waals surface area contributed by atoms with Gasteiger partial charge in [0.05, 0.1) is 10.7 Å². The van der Waals surface area contributed by atoms with Crippen molar-refractivity contribution in [2.75, 3.05) is 5.73 Å². The van der Waals surface area contributed by atoms with Gasteiger partial charge in [0, 0.05) is 12.4 Å². The van der Waals surface area contributed by atoms with Crippen LogP contribution < -0.4 is 10.5 Å². The number of hydrogen-bond acceptors (Lipinski definition) is 5. The topological polar surface area (TPSA) is 84.8 Å². The first-order valence-electron chi connectivity index (χ1n) is 4.65. The van der Waals surface area contributed by atoms with Crippen LogP contribution in [0.2, 0.25) is 5.02 Å². The number of rotatable bonds is 2. The maximum atomic E-state index is 8.84. The minimum absolute atomic E-state index is 0.0758. The molecule has 0 aliphatic heterocycles. The maximum Gasteiger partial charge on any atom is 0.256 e. The summed E-state index contributed by atoms with van der Waals surface area (Å²) in [5.74, 6) is 0.348. The summed E-state index contributed by atoms with van der Waals surface area (Å²) in [6, 6.07) is 6.85. The lowest BCUT2D eigenvalue weighted by atomic mass is 10.3. The average molecular weight is 247 g/mol. The van der Waals surface area contributed by atoms with E-state index in [0.29, 0.717) is 10.7 Å². The molecule has 0 amide bonds. The van der Waals surface area contributed by atoms with Crippen molar-refractivity contribution < 1.29 is 4.74 Å². The molecule has 0 unspecified atom stereocenters. The van der Waals surface area contributed by atoms with Crippen LogP contribution in [-0.4, -0.2) is 9.97 Å². The van der Waals surface area contributed by atoms with E-state index in [1.165, 1.54) is 12.4 Å². The highest BCUT2D eigenvalue weighted by Crippen LogP contribution is 2.34. The Labute approximate surface area is 102 Å². The van der Waals surface area contributed by atoms with E-state index >= 15 is 0 Å². The normalized spacial score (nSPS) is 9.65. The molecule has 0 spiro atoms. The SMILES string of the molecule is N#Cc1nccnc1Oc1c(N)cccc1Cl. The van der Waals surface area contributed by atoms with Crippen molar-refractivity contribution in [1.82, 2.24) is 9.97 Å². The first kappa shape index (κ1) is 11.2. The number of anilines is 1. The van der Waals surface area contributed by atoms with Crippen molar-refractivity contribution in [1.29, 1.82) is 5.26 Å². The lowest BCUT2D eigenvalue weighted by Gasteiger charge is -2.09. The Hall–Kier alpha value is -2.32. The van der Waals surface area contributed by atoms with Gasteiger partial charge in [-0.2, -0.15) is 5.26 Å². The number of nitrogens with two attached hydrogens (primary N) is 1. The average Bonchev–Trinajstić information content (AvgIpc) is 2.34. The number of nitriles is 1. The maximum absolute atomic E-state index is 8.84. The van der Waals surface area contributed by atoms with Crippen LogP contribution in [0.5, 0.6) is 11.6 Å². The first-order chi connectivity index (χ1) is 8.22. The number of halogens is 1. The molecule has 0 aliphatic carbocycles. The van der Waals surface area contributed by atoms with Gasteiger partial charge in [0.1, 0.15) is 6.07 Å². The lowest BCUT2D eigenvalue weighted by Crippen LogP contribution is -1.97. The predicted molar refractivity (Wildman–Crippen MR) is 62.7 cm³/mol. The summed E-state index contributed by atoms with van der Waals surface area (Å²) < 4.78 is 5.41. The summed E-state index contributed by atoms with van der Waals surface area (Å²) in [4.78, 5) is 7.73. The van der Waals surface area contributed by atoms with Crippen LogP contribution in [0.15, 0.2) is 30.6 Å². The van der Waals surface area contributed by atoms with Gasteiger partial charge in [-0.3, -0.25) is 0 Å². The summed E-state index contributed by atoms with van der Waals surface area (Å²) in [6.45, 7) is 0. The first-order valence-corrected chi connectivity index (χ1v) is 5.03. The Kier molecular flexibility index (Phi) is 3.08. The van der Waals surface area contributed by atoms with Crippen LogP contribution in [-0.2, 0) is 0 Å². The molecule has 1 aromatic heterocycles. The molecule has 84 valence electrons. The Morgan fingerprint density at radius 2 is 2.06 bits per heavy atom. The van der Waals surface area contributed by atoms with E-state index in [2.05, 4.69) is 9.97 Å². The minimum atomic E-state index is 0.0758. The van der Waals surface area contributed by atoms with Gasteiger partial charge in [-0.1, -0.05) is 17.7 Å². The number of hydrogen-bond donors (Lipinski definition) is 1. The standard InChI is InChI=1S/C11H7ClN4O/c12-7-2-1-3-8(14)10(7)17-11-9(6-13)15-4-5-16-11/h1-5H,14H2. The van der Waals surface area contributed by atoms with E-state index in [1.807, 2.05) is 6.07 Å². The highest BCUT2D eigenvalue weighted by Gasteiger charge is 2.11. The number of nitrogens with zero attached hydrogens (tertiary/aromatic N) is 3. The summed E-state index contributed by atoms with van der Waals surface area (Å²) in [5.41, 5.74) is 6.16. The molecule has 1 aromatic carbocycles. The zero-order chi connectivity index (χ0) is 12.3. The van der Waals surface area contributed by atoms with Gasteiger partial charge in [0.2, 0.25) is 5.69 Å². The van der Waals surface area contributed by atoms with Crippen molar-refractivity contribution >= 4 is 17.3 Å². The zero-order valence-electron chi connectivity index (χ0n) is 8.59. The smallest absolute Gasteiger partial charge is 0.256 e. The van der Waals surface area contributed by atoms with E-state index in [4.69, 9.17) is 27.3 Å². The Bertz CT molecular complexity index is 574. The van der Waals surface area contributed by atoms with E-state index in [1.54, 1.807) is 18.2 Å². The molecule has 2 aromatic rings. The molecular formula is C11H7ClN4O. The molecule has 0 fully saturated rings. The quantitative estimate of drug-likeness (QED) is 0.823. The third-order valence-electron chi connectivity index (χ3n) is 1.97. The fourth-order valence-electron chi connectivity index (χ4n) is 1.21. The van der Waals surface area contributed by atoms with Crippen molar-refractivity contribution in [3.8, 4) is 17.7 Å². The van der Waals surface area contributed by atoms with Gasteiger partial charge in [-0.25, -0.2) is 9.97 Å². The van der Waals surface area contributed by atoms with Crippen LogP contribution >= 0.6 is 11.6 Å². The van der Waals surface area contributed by atoms with Gasteiger partial charge in [0.15, 0.2) is 5.75 Å². The third kappa shape index (κ3) is 2.27. The molecule has 1 heterocycles. The van der Waals surface area contributed by atoms with Crippen LogP contribution in [0.25, 0.3) is 0 Å². The van der Waals surface area contributed by atoms with E-state index in [0.717, 1.165) is 0 Å². The van der Waals surface area contributed by atoms with E-state index < -0.39 is 0 Å². The molecule has 5 nitrogen and oxygen atoms in total. The Balaban J connectivity index is 2.42. The minimum Gasteiger partial charge on any atom is -0.433 e. The monoisotopic (exact) mass is 246 g/mol. The van der Waals surface area contributed by atoms with Gasteiger partial charge in [0.25, 0.3) is 5.88 Å². The highest BCUT2D eigenvalue weighted by molar-refractivity contribution is 6.32. The molecule has 0 saturated carbocycles. The summed E-state index contributed by atoms with van der Waals surface area (Å²) >= 11 is 5.94. The summed E-state index contributed by atoms with van der Waals surface area (Å²) in [6.07, 6.45) is 2.82. The summed E-state index contributed by atoms with van der Waals surface area (Å²) in [7, 11) is 0. The molecule has 0 aliphatic rings. The largest absolute Gasteiger partial charge is 0.433 e. The van der Waals surface area contributed by atoms with Gasteiger partial charge in [-0.05, 0) is 12.1 Å². The van der Waals surface area contributed by atoms with Gasteiger partial charge in [-0.15, -0.1) is 0 Å². The van der Waals surface area contributed by atoms with Crippen molar-refractivity contribution in [3.05, 3.63) is 41.3 Å². The predicted octanol–water partition coefficient (Wildman–Crippen LogP) is 2.38. The molecule has 17 heavy (non-hydrogen) atoms. The van der Waals surface area contributed by atoms with Crippen LogP contribution in [0.1, 0.15) is 5.69 Å². The molecule has 0 bridgehead atoms. The van der Waals surface area contributed by atoms with E-state index in [9.17, 15) is 0 Å². The molecule has 2 N–H and O–H groups in total. The second-order valence-electron chi connectivity index (χ2n) is 3.08. The van der Waals surface area contributed by atoms with Crippen molar-refractivity contribution in [2.24, 2.45) is 0 Å². The Morgan fingerprint density at radius 1 is 1.29 bits per heavy atom. The van der Waals surface area contributed by atoms with Crippen LogP contribution in [0, 0.1) is 11.3 Å². The number of ether oxygens (including phenoxy) is 1. The number of para-hydroxylation sites is 1. The molecule has 0 saturated heterocycles.